The lowest BCUT2D eigenvalue weighted by Gasteiger charge is -2.44. The van der Waals surface area contributed by atoms with Gasteiger partial charge in [-0.25, -0.2) is 4.98 Å². The number of fused-ring (bicyclic) bond motifs is 1. The molecule has 1 N–H and O–H groups in total. The standard InChI is InChI=1S/C22H32N4/c1-7-16(4)23-21-24-19(15(2)3)12-20(25-21)26-14-18-11-9-8-10-17(18)13-22(26,5)6/h8-12,15-16H,7,13-14H2,1-6H3,(H,23,24,25)/t16-/m1/s1. The first-order chi connectivity index (χ1) is 12.3. The first-order valence-electron chi connectivity index (χ1n) is 9.80. The molecule has 0 unspecified atom stereocenters. The first-order valence-corrected chi connectivity index (χ1v) is 9.80. The average Bonchev–Trinajstić information content (AvgIpc) is 2.59. The molecule has 1 aliphatic heterocycles. The van der Waals surface area contributed by atoms with E-state index in [0.29, 0.717) is 12.0 Å². The van der Waals surface area contributed by atoms with Gasteiger partial charge in [0.2, 0.25) is 5.95 Å². The average molecular weight is 353 g/mol. The van der Waals surface area contributed by atoms with Crippen molar-refractivity contribution in [3.63, 3.8) is 0 Å². The summed E-state index contributed by atoms with van der Waals surface area (Å²) >= 11 is 0. The molecule has 26 heavy (non-hydrogen) atoms. The van der Waals surface area contributed by atoms with E-state index in [9.17, 15) is 0 Å². The lowest BCUT2D eigenvalue weighted by atomic mass is 9.85. The third-order valence-electron chi connectivity index (χ3n) is 5.39. The molecule has 0 radical (unpaired) electrons. The van der Waals surface area contributed by atoms with Crippen molar-refractivity contribution in [1.29, 1.82) is 0 Å². The molecule has 1 aliphatic rings. The maximum absolute atomic E-state index is 4.90. The van der Waals surface area contributed by atoms with Gasteiger partial charge in [0.15, 0.2) is 0 Å². The van der Waals surface area contributed by atoms with Crippen molar-refractivity contribution >= 4 is 11.8 Å². The third-order valence-corrected chi connectivity index (χ3v) is 5.39. The van der Waals surface area contributed by atoms with Gasteiger partial charge in [-0.05, 0) is 50.7 Å². The quantitative estimate of drug-likeness (QED) is 0.808. The fourth-order valence-corrected chi connectivity index (χ4v) is 3.49. The second-order valence-electron chi connectivity index (χ2n) is 8.43. The van der Waals surface area contributed by atoms with Crippen molar-refractivity contribution in [1.82, 2.24) is 9.97 Å². The smallest absolute Gasteiger partial charge is 0.225 e. The van der Waals surface area contributed by atoms with Crippen LogP contribution in [0, 0.1) is 0 Å². The Balaban J connectivity index is 2.01. The summed E-state index contributed by atoms with van der Waals surface area (Å²) in [5.41, 5.74) is 3.96. The van der Waals surface area contributed by atoms with Crippen molar-refractivity contribution in [3.8, 4) is 0 Å². The fourth-order valence-electron chi connectivity index (χ4n) is 3.49. The molecule has 0 saturated carbocycles. The molecule has 0 bridgehead atoms. The number of rotatable bonds is 5. The first kappa shape index (κ1) is 18.7. The van der Waals surface area contributed by atoms with E-state index in [2.05, 4.69) is 82.1 Å². The van der Waals surface area contributed by atoms with Crippen LogP contribution in [0.15, 0.2) is 30.3 Å². The van der Waals surface area contributed by atoms with Gasteiger partial charge >= 0.3 is 0 Å². The van der Waals surface area contributed by atoms with Crippen LogP contribution in [0.5, 0.6) is 0 Å². The Labute approximate surface area is 158 Å². The van der Waals surface area contributed by atoms with E-state index in [4.69, 9.17) is 9.97 Å². The fraction of sp³-hybridized carbons (Fsp3) is 0.545. The van der Waals surface area contributed by atoms with E-state index >= 15 is 0 Å². The minimum Gasteiger partial charge on any atom is -0.352 e. The van der Waals surface area contributed by atoms with E-state index in [0.717, 1.165) is 36.8 Å². The summed E-state index contributed by atoms with van der Waals surface area (Å²) < 4.78 is 0. The molecule has 0 saturated heterocycles. The van der Waals surface area contributed by atoms with Gasteiger partial charge in [-0.1, -0.05) is 45.0 Å². The largest absolute Gasteiger partial charge is 0.352 e. The van der Waals surface area contributed by atoms with Crippen molar-refractivity contribution in [2.45, 2.75) is 78.4 Å². The number of nitrogens with one attached hydrogen (secondary N) is 1. The van der Waals surface area contributed by atoms with Gasteiger partial charge in [-0.2, -0.15) is 4.98 Å². The number of benzene rings is 1. The molecule has 0 fully saturated rings. The summed E-state index contributed by atoms with van der Waals surface area (Å²) in [5, 5.41) is 3.46. The van der Waals surface area contributed by atoms with E-state index in [1.165, 1.54) is 11.1 Å². The lowest BCUT2D eigenvalue weighted by molar-refractivity contribution is 0.427. The zero-order chi connectivity index (χ0) is 18.9. The molecule has 140 valence electrons. The molecule has 4 nitrogen and oxygen atoms in total. The second kappa shape index (κ2) is 7.26. The van der Waals surface area contributed by atoms with Gasteiger partial charge in [-0.3, -0.25) is 0 Å². The van der Waals surface area contributed by atoms with Crippen LogP contribution in [0.3, 0.4) is 0 Å². The van der Waals surface area contributed by atoms with Crippen molar-refractivity contribution in [3.05, 3.63) is 47.2 Å². The Hall–Kier alpha value is -2.10. The Morgan fingerprint density at radius 3 is 2.46 bits per heavy atom. The van der Waals surface area contributed by atoms with E-state index < -0.39 is 0 Å². The molecule has 4 heteroatoms. The second-order valence-corrected chi connectivity index (χ2v) is 8.43. The van der Waals surface area contributed by atoms with Crippen molar-refractivity contribution in [2.24, 2.45) is 0 Å². The highest BCUT2D eigenvalue weighted by molar-refractivity contribution is 5.51. The van der Waals surface area contributed by atoms with Gasteiger partial charge in [-0.15, -0.1) is 0 Å². The summed E-state index contributed by atoms with van der Waals surface area (Å²) in [6.07, 6.45) is 2.07. The molecule has 1 atom stereocenters. The van der Waals surface area contributed by atoms with Gasteiger partial charge in [0.25, 0.3) is 0 Å². The predicted octanol–water partition coefficient (Wildman–Crippen LogP) is 5.15. The maximum Gasteiger partial charge on any atom is 0.225 e. The number of hydrogen-bond acceptors (Lipinski definition) is 4. The minimum atomic E-state index is 0.0185. The van der Waals surface area contributed by atoms with E-state index in [-0.39, 0.29) is 5.54 Å². The van der Waals surface area contributed by atoms with E-state index in [1.54, 1.807) is 0 Å². The number of nitrogens with zero attached hydrogens (tertiary/aromatic N) is 3. The monoisotopic (exact) mass is 352 g/mol. The third kappa shape index (κ3) is 3.84. The summed E-state index contributed by atoms with van der Waals surface area (Å²) in [4.78, 5) is 12.1. The predicted molar refractivity (Wildman–Crippen MR) is 110 cm³/mol. The normalized spacial score (nSPS) is 17.1. The minimum absolute atomic E-state index is 0.0185. The molecular weight excluding hydrogens is 320 g/mol. The molecule has 3 rings (SSSR count). The Morgan fingerprint density at radius 2 is 1.81 bits per heavy atom. The topological polar surface area (TPSA) is 41.1 Å². The summed E-state index contributed by atoms with van der Waals surface area (Å²) in [6.45, 7) is 14.2. The molecule has 0 aliphatic carbocycles. The molecule has 0 amide bonds. The number of hydrogen-bond donors (Lipinski definition) is 1. The van der Waals surface area contributed by atoms with Crippen molar-refractivity contribution < 1.29 is 0 Å². The SMILES string of the molecule is CC[C@@H](C)Nc1nc(C(C)C)cc(N2Cc3ccccc3CC2(C)C)n1. The van der Waals surface area contributed by atoms with Gasteiger partial charge in [0.05, 0.1) is 5.69 Å². The molecule has 2 aromatic rings. The Morgan fingerprint density at radius 1 is 1.12 bits per heavy atom. The number of aromatic nitrogens is 2. The van der Waals surface area contributed by atoms with Gasteiger partial charge < -0.3 is 10.2 Å². The molecule has 1 aromatic carbocycles. The summed E-state index contributed by atoms with van der Waals surface area (Å²) in [5.74, 6) is 2.14. The molecule has 2 heterocycles. The zero-order valence-corrected chi connectivity index (χ0v) is 17.0. The van der Waals surface area contributed by atoms with Crippen LogP contribution in [0.4, 0.5) is 11.8 Å². The summed E-state index contributed by atoms with van der Waals surface area (Å²) in [6, 6.07) is 11.3. The number of anilines is 2. The molecule has 0 spiro atoms. The van der Waals surface area contributed by atoms with Crippen LogP contribution >= 0.6 is 0 Å². The van der Waals surface area contributed by atoms with Crippen LogP contribution in [0.2, 0.25) is 0 Å². The highest BCUT2D eigenvalue weighted by Crippen LogP contribution is 2.35. The zero-order valence-electron chi connectivity index (χ0n) is 17.0. The van der Waals surface area contributed by atoms with Crippen LogP contribution < -0.4 is 10.2 Å². The maximum atomic E-state index is 4.90. The van der Waals surface area contributed by atoms with Crippen LogP contribution in [0.25, 0.3) is 0 Å². The lowest BCUT2D eigenvalue weighted by Crippen LogP contribution is -2.49. The van der Waals surface area contributed by atoms with Crippen LogP contribution in [-0.4, -0.2) is 21.5 Å². The van der Waals surface area contributed by atoms with Gasteiger partial charge in [0, 0.05) is 24.2 Å². The molecule has 1 aromatic heterocycles. The highest BCUT2D eigenvalue weighted by atomic mass is 15.3. The van der Waals surface area contributed by atoms with Crippen LogP contribution in [-0.2, 0) is 13.0 Å². The Kier molecular flexibility index (Phi) is 5.22. The highest BCUT2D eigenvalue weighted by Gasteiger charge is 2.34. The van der Waals surface area contributed by atoms with E-state index in [1.807, 2.05) is 0 Å². The van der Waals surface area contributed by atoms with Crippen LogP contribution in [0.1, 0.15) is 70.7 Å². The summed E-state index contributed by atoms with van der Waals surface area (Å²) in [7, 11) is 0. The molecular formula is C22H32N4. The van der Waals surface area contributed by atoms with Crippen molar-refractivity contribution in [2.75, 3.05) is 10.2 Å². The van der Waals surface area contributed by atoms with Gasteiger partial charge in [0.1, 0.15) is 5.82 Å². The Bertz CT molecular complexity index is 766.